The van der Waals surface area contributed by atoms with E-state index in [1.165, 1.54) is 16.9 Å². The molecule has 3 fully saturated rings. The van der Waals surface area contributed by atoms with Crippen LogP contribution in [0.2, 0.25) is 0 Å². The van der Waals surface area contributed by atoms with E-state index in [2.05, 4.69) is 33.8 Å². The van der Waals surface area contributed by atoms with Crippen molar-refractivity contribution in [3.8, 4) is 0 Å². The van der Waals surface area contributed by atoms with Gasteiger partial charge < -0.3 is 9.80 Å². The van der Waals surface area contributed by atoms with E-state index in [-0.39, 0.29) is 41.4 Å². The molecule has 2 aromatic rings. The second-order valence-corrected chi connectivity index (χ2v) is 9.89. The smallest absolute Gasteiger partial charge is 0.266 e. The largest absolute Gasteiger partial charge is 0.334 e. The van der Waals surface area contributed by atoms with Crippen LogP contribution < -0.4 is 0 Å². The fourth-order valence-electron chi connectivity index (χ4n) is 6.37. The molecular weight excluding hydrogens is 382 g/mol. The molecule has 0 N–H and O–H groups in total. The van der Waals surface area contributed by atoms with Crippen LogP contribution in [0.15, 0.2) is 42.0 Å². The maximum atomic E-state index is 13.7. The zero-order chi connectivity index (χ0) is 20.2. The van der Waals surface area contributed by atoms with Crippen LogP contribution in [-0.2, 0) is 11.2 Å². The lowest BCUT2D eigenvalue weighted by molar-refractivity contribution is -0.133. The number of benzene rings is 1. The molecule has 1 saturated carbocycles. The summed E-state index contributed by atoms with van der Waals surface area (Å²) in [5.41, 5.74) is 2.92. The highest BCUT2D eigenvalue weighted by Crippen LogP contribution is 2.56. The first-order valence-electron chi connectivity index (χ1n) is 10.5. The van der Waals surface area contributed by atoms with E-state index in [1.807, 2.05) is 18.2 Å². The SMILES string of the molecule is CC(=O)N1[C@H]2CCC[C@H]3N(C(=O)c4cncs4)[C@@H](Cc4ccccc4)[C@@H]1C[C@@]23C. The van der Waals surface area contributed by atoms with Crippen molar-refractivity contribution in [2.45, 2.75) is 70.1 Å². The Bertz CT molecular complexity index is 915. The number of hydrogen-bond donors (Lipinski definition) is 0. The van der Waals surface area contributed by atoms with Crippen molar-refractivity contribution < 1.29 is 9.59 Å². The molecule has 0 spiro atoms. The van der Waals surface area contributed by atoms with Gasteiger partial charge in [0.15, 0.2) is 0 Å². The molecule has 1 aliphatic carbocycles. The van der Waals surface area contributed by atoms with Gasteiger partial charge in [-0.15, -0.1) is 11.3 Å². The van der Waals surface area contributed by atoms with Crippen LogP contribution in [0.5, 0.6) is 0 Å². The molecule has 3 heterocycles. The number of piperidine rings is 1. The summed E-state index contributed by atoms with van der Waals surface area (Å²) in [6.07, 6.45) is 6.58. The number of rotatable bonds is 3. The molecule has 1 aromatic heterocycles. The molecule has 0 unspecified atom stereocenters. The summed E-state index contributed by atoms with van der Waals surface area (Å²) in [6, 6.07) is 10.9. The van der Waals surface area contributed by atoms with Gasteiger partial charge in [0.25, 0.3) is 5.91 Å². The Morgan fingerprint density at radius 1 is 1.17 bits per heavy atom. The van der Waals surface area contributed by atoms with E-state index in [1.54, 1.807) is 18.6 Å². The van der Waals surface area contributed by atoms with E-state index in [4.69, 9.17) is 0 Å². The van der Waals surface area contributed by atoms with Gasteiger partial charge in [0.05, 0.1) is 23.8 Å². The average molecular weight is 410 g/mol. The topological polar surface area (TPSA) is 53.5 Å². The minimum atomic E-state index is -0.0257. The number of amides is 2. The third-order valence-electron chi connectivity index (χ3n) is 7.49. The van der Waals surface area contributed by atoms with Gasteiger partial charge in [0.1, 0.15) is 4.88 Å². The van der Waals surface area contributed by atoms with Gasteiger partial charge in [0, 0.05) is 24.4 Å². The van der Waals surface area contributed by atoms with Crippen molar-refractivity contribution in [3.05, 3.63) is 52.5 Å². The highest BCUT2D eigenvalue weighted by atomic mass is 32.1. The second kappa shape index (κ2) is 6.94. The fraction of sp³-hybridized carbons (Fsp3) is 0.522. The van der Waals surface area contributed by atoms with Crippen molar-refractivity contribution in [1.29, 1.82) is 0 Å². The summed E-state index contributed by atoms with van der Waals surface area (Å²) in [4.78, 5) is 35.6. The minimum absolute atomic E-state index is 0.00271. The Hall–Kier alpha value is -2.21. The van der Waals surface area contributed by atoms with E-state index >= 15 is 0 Å². The number of aromatic nitrogens is 1. The molecule has 2 bridgehead atoms. The van der Waals surface area contributed by atoms with Crippen LogP contribution in [0.4, 0.5) is 0 Å². The lowest BCUT2D eigenvalue weighted by Crippen LogP contribution is -2.62. The Morgan fingerprint density at radius 2 is 1.90 bits per heavy atom. The highest BCUT2D eigenvalue weighted by Gasteiger charge is 2.64. The average Bonchev–Trinajstić information content (AvgIpc) is 3.33. The molecule has 5 atom stereocenters. The van der Waals surface area contributed by atoms with Crippen molar-refractivity contribution in [3.63, 3.8) is 0 Å². The minimum Gasteiger partial charge on any atom is -0.334 e. The first kappa shape index (κ1) is 18.8. The number of hydrogen-bond acceptors (Lipinski definition) is 4. The summed E-state index contributed by atoms with van der Waals surface area (Å²) >= 11 is 1.41. The van der Waals surface area contributed by atoms with Crippen LogP contribution in [0.1, 0.15) is 54.8 Å². The van der Waals surface area contributed by atoms with Gasteiger partial charge in [0.2, 0.25) is 5.91 Å². The summed E-state index contributed by atoms with van der Waals surface area (Å²) in [6.45, 7) is 4.01. The molecule has 5 nitrogen and oxygen atoms in total. The first-order chi connectivity index (χ1) is 14.0. The molecule has 1 aromatic carbocycles. The second-order valence-electron chi connectivity index (χ2n) is 9.00. The van der Waals surface area contributed by atoms with Gasteiger partial charge in [-0.05, 0) is 37.7 Å². The third-order valence-corrected chi connectivity index (χ3v) is 8.25. The van der Waals surface area contributed by atoms with Gasteiger partial charge in [-0.2, -0.15) is 0 Å². The van der Waals surface area contributed by atoms with E-state index in [9.17, 15) is 9.59 Å². The maximum Gasteiger partial charge on any atom is 0.266 e. The normalized spacial score (nSPS) is 33.0. The third kappa shape index (κ3) is 2.83. The van der Waals surface area contributed by atoms with Crippen LogP contribution >= 0.6 is 11.3 Å². The lowest BCUT2D eigenvalue weighted by Gasteiger charge is -2.52. The van der Waals surface area contributed by atoms with E-state index in [0.717, 1.165) is 32.1 Å². The molecule has 0 radical (unpaired) electrons. The van der Waals surface area contributed by atoms with Crippen molar-refractivity contribution >= 4 is 23.2 Å². The summed E-state index contributed by atoms with van der Waals surface area (Å²) in [5, 5.41) is 0. The van der Waals surface area contributed by atoms with Crippen molar-refractivity contribution in [2.75, 3.05) is 0 Å². The molecule has 5 rings (SSSR count). The number of likely N-dealkylation sites (tertiary alicyclic amines) is 2. The van der Waals surface area contributed by atoms with Crippen LogP contribution in [-0.4, -0.2) is 50.8 Å². The van der Waals surface area contributed by atoms with Gasteiger partial charge in [-0.25, -0.2) is 0 Å². The number of fused-ring (bicyclic) bond motifs is 1. The van der Waals surface area contributed by atoms with Crippen molar-refractivity contribution in [2.24, 2.45) is 5.41 Å². The Morgan fingerprint density at radius 3 is 2.55 bits per heavy atom. The van der Waals surface area contributed by atoms with E-state index < -0.39 is 0 Å². The predicted octanol–water partition coefficient (Wildman–Crippen LogP) is 3.76. The quantitative estimate of drug-likeness (QED) is 0.776. The standard InChI is InChI=1S/C23H27N3O2S/c1-15(27)25-18-12-23(2)20(25)9-6-10-21(23)26(22(28)19-13-24-14-29-19)17(18)11-16-7-4-3-5-8-16/h3-5,7-8,13-14,17-18,20-21H,6,9-12H2,1-2H3/t17-,18-,20-,21+,23-/m0/s1. The van der Waals surface area contributed by atoms with Gasteiger partial charge in [-0.3, -0.25) is 14.6 Å². The zero-order valence-corrected chi connectivity index (χ0v) is 17.8. The monoisotopic (exact) mass is 409 g/mol. The molecule has 2 saturated heterocycles. The van der Waals surface area contributed by atoms with Gasteiger partial charge in [-0.1, -0.05) is 37.3 Å². The first-order valence-corrected chi connectivity index (χ1v) is 11.4. The Labute approximate surface area is 175 Å². The molecule has 2 aliphatic heterocycles. The predicted molar refractivity (Wildman–Crippen MR) is 113 cm³/mol. The molecule has 6 heteroatoms. The number of nitrogens with zero attached hydrogens (tertiary/aromatic N) is 3. The van der Waals surface area contributed by atoms with Gasteiger partial charge >= 0.3 is 0 Å². The van der Waals surface area contributed by atoms with E-state index in [0.29, 0.717) is 4.88 Å². The number of thiazole rings is 1. The fourth-order valence-corrected chi connectivity index (χ4v) is 6.94. The lowest BCUT2D eigenvalue weighted by atomic mass is 9.64. The zero-order valence-electron chi connectivity index (χ0n) is 17.0. The van der Waals surface area contributed by atoms with Crippen LogP contribution in [0, 0.1) is 5.41 Å². The Kier molecular flexibility index (Phi) is 4.50. The molecule has 2 amide bonds. The summed E-state index contributed by atoms with van der Waals surface area (Å²) in [5.74, 6) is 0.231. The van der Waals surface area contributed by atoms with Crippen molar-refractivity contribution in [1.82, 2.24) is 14.8 Å². The molecular formula is C23H27N3O2S. The summed E-state index contributed by atoms with van der Waals surface area (Å²) in [7, 11) is 0. The molecule has 29 heavy (non-hydrogen) atoms. The van der Waals surface area contributed by atoms with Crippen LogP contribution in [0.25, 0.3) is 0 Å². The number of carbonyl (C=O) groups is 2. The maximum absolute atomic E-state index is 13.7. The van der Waals surface area contributed by atoms with Crippen LogP contribution in [0.3, 0.4) is 0 Å². The number of carbonyl (C=O) groups excluding carboxylic acids is 2. The highest BCUT2D eigenvalue weighted by molar-refractivity contribution is 7.11. The molecule has 152 valence electrons. The molecule has 3 aliphatic rings. The summed E-state index contributed by atoms with van der Waals surface area (Å²) < 4.78 is 0. The Balaban J connectivity index is 1.62.